The van der Waals surface area contributed by atoms with Gasteiger partial charge in [0.25, 0.3) is 0 Å². The van der Waals surface area contributed by atoms with Gasteiger partial charge in [-0.2, -0.15) is 0 Å². The van der Waals surface area contributed by atoms with Crippen molar-refractivity contribution in [2.75, 3.05) is 11.4 Å². The minimum absolute atomic E-state index is 0.0133. The molecule has 0 saturated heterocycles. The Hall–Kier alpha value is -5.14. The van der Waals surface area contributed by atoms with Crippen molar-refractivity contribution >= 4 is 32.9 Å². The summed E-state index contributed by atoms with van der Waals surface area (Å²) in [4.78, 5) is 2.59. The summed E-state index contributed by atoms with van der Waals surface area (Å²) in [6.45, 7) is 5.74. The molecule has 1 heterocycles. The molecule has 0 bridgehead atoms. The maximum atomic E-state index is 2.59. The van der Waals surface area contributed by atoms with Crippen molar-refractivity contribution in [3.05, 3.63) is 156 Å². The summed E-state index contributed by atoms with van der Waals surface area (Å²) in [6.07, 6.45) is 2.28. The maximum absolute atomic E-state index is 2.59. The van der Waals surface area contributed by atoms with Gasteiger partial charge in [0, 0.05) is 28.4 Å². The zero-order valence-corrected chi connectivity index (χ0v) is 25.8. The van der Waals surface area contributed by atoms with Gasteiger partial charge in [0.05, 0.1) is 5.69 Å². The first-order valence-electron chi connectivity index (χ1n) is 16.2. The molecular formula is C44H35N. The number of aryl methyl sites for hydroxylation is 1. The van der Waals surface area contributed by atoms with Gasteiger partial charge in [-0.05, 0) is 91.9 Å². The molecule has 0 fully saturated rings. The minimum Gasteiger partial charge on any atom is -0.340 e. The predicted molar refractivity (Wildman–Crippen MR) is 192 cm³/mol. The van der Waals surface area contributed by atoms with Crippen molar-refractivity contribution in [1.82, 2.24) is 0 Å². The molecule has 0 unspecified atom stereocenters. The minimum atomic E-state index is -0.0133. The Kier molecular flexibility index (Phi) is 5.80. The third kappa shape index (κ3) is 3.93. The van der Waals surface area contributed by atoms with Gasteiger partial charge in [0.2, 0.25) is 0 Å². The van der Waals surface area contributed by atoms with E-state index in [-0.39, 0.29) is 5.41 Å². The van der Waals surface area contributed by atoms with Crippen LogP contribution in [0.4, 0.5) is 11.4 Å². The smallest absolute Gasteiger partial charge is 0.0570 e. The molecule has 0 amide bonds. The van der Waals surface area contributed by atoms with Gasteiger partial charge in [-0.25, -0.2) is 0 Å². The van der Waals surface area contributed by atoms with E-state index in [0.717, 1.165) is 19.4 Å². The van der Waals surface area contributed by atoms with E-state index in [1.165, 1.54) is 83.0 Å². The van der Waals surface area contributed by atoms with Crippen LogP contribution in [0, 0.1) is 0 Å². The molecule has 1 nitrogen and oxygen atoms in total. The van der Waals surface area contributed by atoms with Crippen molar-refractivity contribution in [1.29, 1.82) is 0 Å². The maximum Gasteiger partial charge on any atom is 0.0570 e. The van der Waals surface area contributed by atoms with Crippen molar-refractivity contribution in [2.45, 2.75) is 32.1 Å². The predicted octanol–water partition coefficient (Wildman–Crippen LogP) is 11.7. The topological polar surface area (TPSA) is 3.24 Å². The molecule has 0 N–H and O–H groups in total. The van der Waals surface area contributed by atoms with Gasteiger partial charge >= 0.3 is 0 Å². The molecular weight excluding hydrogens is 542 g/mol. The quantitative estimate of drug-likeness (QED) is 0.189. The Labute approximate surface area is 265 Å². The summed E-state index contributed by atoms with van der Waals surface area (Å²) in [7, 11) is 0. The molecule has 45 heavy (non-hydrogen) atoms. The van der Waals surface area contributed by atoms with Gasteiger partial charge in [-0.15, -0.1) is 0 Å². The van der Waals surface area contributed by atoms with Crippen molar-refractivity contribution in [3.63, 3.8) is 0 Å². The van der Waals surface area contributed by atoms with Gasteiger partial charge in [0.1, 0.15) is 0 Å². The van der Waals surface area contributed by atoms with Crippen LogP contribution in [0.2, 0.25) is 0 Å². The number of anilines is 2. The van der Waals surface area contributed by atoms with Crippen molar-refractivity contribution in [2.24, 2.45) is 0 Å². The Balaban J connectivity index is 1.38. The second kappa shape index (κ2) is 9.94. The SMILES string of the molecule is CC1(C)c2ccccc2-c2cc(-c3c4ccccc4c(N4CCCc5ccccc54)c4ccc(-c5ccccc5)cc34)ccc21. The Morgan fingerprint density at radius 3 is 2.09 bits per heavy atom. The molecule has 0 spiro atoms. The first-order valence-corrected chi connectivity index (χ1v) is 16.2. The molecule has 0 aromatic heterocycles. The number of benzene rings is 7. The molecule has 7 aromatic carbocycles. The lowest BCUT2D eigenvalue weighted by Crippen LogP contribution is -2.25. The fourth-order valence-electron chi connectivity index (χ4n) is 8.21. The highest BCUT2D eigenvalue weighted by atomic mass is 15.1. The average Bonchev–Trinajstić information content (AvgIpc) is 3.32. The number of rotatable bonds is 3. The zero-order valence-electron chi connectivity index (χ0n) is 25.8. The highest BCUT2D eigenvalue weighted by Crippen LogP contribution is 2.52. The molecule has 0 saturated carbocycles. The molecule has 1 heteroatoms. The number of para-hydroxylation sites is 1. The summed E-state index contributed by atoms with van der Waals surface area (Å²) in [5.41, 5.74) is 14.7. The standard InChI is InChI=1S/C44H35N/c1-44(2)39-20-10-9-17-33(39)37-28-32(23-25-40(37)44)42-34-18-7-8-19-35(34)43(45-26-12-16-30-15-6-11-21-41(30)45)36-24-22-31(27-38(36)42)29-13-4-3-5-14-29/h3-11,13-15,17-25,27-28H,12,16,26H2,1-2H3. The molecule has 7 aromatic rings. The summed E-state index contributed by atoms with van der Waals surface area (Å²) in [6, 6.07) is 52.2. The summed E-state index contributed by atoms with van der Waals surface area (Å²) < 4.78 is 0. The van der Waals surface area contributed by atoms with Gasteiger partial charge < -0.3 is 4.90 Å². The van der Waals surface area contributed by atoms with E-state index in [1.54, 1.807) is 0 Å². The first-order chi connectivity index (χ1) is 22.1. The van der Waals surface area contributed by atoms with Gasteiger partial charge in [-0.1, -0.05) is 135 Å². The fraction of sp³-hybridized carbons (Fsp3) is 0.136. The number of hydrogen-bond acceptors (Lipinski definition) is 1. The lowest BCUT2D eigenvalue weighted by molar-refractivity contribution is 0.660. The van der Waals surface area contributed by atoms with Crippen molar-refractivity contribution in [3.8, 4) is 33.4 Å². The fourth-order valence-corrected chi connectivity index (χ4v) is 8.21. The first kappa shape index (κ1) is 26.3. The third-order valence-corrected chi connectivity index (χ3v) is 10.4. The van der Waals surface area contributed by atoms with Crippen LogP contribution in [-0.2, 0) is 11.8 Å². The van der Waals surface area contributed by atoms with E-state index < -0.39 is 0 Å². The number of hydrogen-bond donors (Lipinski definition) is 0. The Morgan fingerprint density at radius 2 is 1.20 bits per heavy atom. The molecule has 0 radical (unpaired) electrons. The third-order valence-electron chi connectivity index (χ3n) is 10.4. The molecule has 216 valence electrons. The largest absolute Gasteiger partial charge is 0.340 e. The average molecular weight is 578 g/mol. The van der Waals surface area contributed by atoms with Crippen LogP contribution in [0.3, 0.4) is 0 Å². The second-order valence-corrected chi connectivity index (χ2v) is 13.2. The summed E-state index contributed by atoms with van der Waals surface area (Å²) in [5, 5.41) is 5.23. The van der Waals surface area contributed by atoms with Gasteiger partial charge in [0.15, 0.2) is 0 Å². The van der Waals surface area contributed by atoms with Crippen LogP contribution >= 0.6 is 0 Å². The summed E-state index contributed by atoms with van der Waals surface area (Å²) >= 11 is 0. The Morgan fingerprint density at radius 1 is 0.511 bits per heavy atom. The Bertz CT molecular complexity index is 2270. The van der Waals surface area contributed by atoms with E-state index in [4.69, 9.17) is 0 Å². The van der Waals surface area contributed by atoms with Crippen LogP contribution in [0.5, 0.6) is 0 Å². The van der Waals surface area contributed by atoms with Crippen LogP contribution in [0.1, 0.15) is 37.0 Å². The molecule has 1 aliphatic heterocycles. The second-order valence-electron chi connectivity index (χ2n) is 13.2. The zero-order chi connectivity index (χ0) is 30.1. The highest BCUT2D eigenvalue weighted by Gasteiger charge is 2.35. The number of nitrogens with zero attached hydrogens (tertiary/aromatic N) is 1. The van der Waals surface area contributed by atoms with Gasteiger partial charge in [-0.3, -0.25) is 0 Å². The van der Waals surface area contributed by atoms with Crippen LogP contribution in [-0.4, -0.2) is 6.54 Å². The van der Waals surface area contributed by atoms with E-state index in [1.807, 2.05) is 0 Å². The van der Waals surface area contributed by atoms with E-state index in [2.05, 4.69) is 158 Å². The monoisotopic (exact) mass is 577 g/mol. The molecule has 9 rings (SSSR count). The summed E-state index contributed by atoms with van der Waals surface area (Å²) in [5.74, 6) is 0. The lowest BCUT2D eigenvalue weighted by Gasteiger charge is -2.34. The molecule has 1 aliphatic carbocycles. The van der Waals surface area contributed by atoms with Crippen LogP contribution in [0.15, 0.2) is 140 Å². The number of fused-ring (bicyclic) bond motifs is 6. The lowest BCUT2D eigenvalue weighted by atomic mass is 9.81. The highest BCUT2D eigenvalue weighted by molar-refractivity contribution is 6.22. The van der Waals surface area contributed by atoms with Crippen LogP contribution in [0.25, 0.3) is 54.9 Å². The van der Waals surface area contributed by atoms with E-state index >= 15 is 0 Å². The van der Waals surface area contributed by atoms with E-state index in [0.29, 0.717) is 0 Å². The van der Waals surface area contributed by atoms with E-state index in [9.17, 15) is 0 Å². The molecule has 0 atom stereocenters. The normalized spacial score (nSPS) is 14.8. The molecule has 2 aliphatic rings. The van der Waals surface area contributed by atoms with Crippen LogP contribution < -0.4 is 4.90 Å². The van der Waals surface area contributed by atoms with Crippen molar-refractivity contribution < 1.29 is 0 Å².